The molecule has 1 amide bonds. The third-order valence-electron chi connectivity index (χ3n) is 2.53. The monoisotopic (exact) mass is 324 g/mol. The van der Waals surface area contributed by atoms with E-state index in [-0.39, 0.29) is 27.1 Å². The summed E-state index contributed by atoms with van der Waals surface area (Å²) in [6.07, 6.45) is 1.01. The van der Waals surface area contributed by atoms with Crippen molar-refractivity contribution in [3.8, 4) is 5.75 Å². The molecular weight excluding hydrogens is 316 g/mol. The fourth-order valence-corrected chi connectivity index (χ4v) is 2.18. The summed E-state index contributed by atoms with van der Waals surface area (Å²) in [5.41, 5.74) is -0.356. The van der Waals surface area contributed by atoms with E-state index in [0.29, 0.717) is 11.3 Å². The molecule has 0 fully saturated rings. The number of carbonyl (C=O) groups is 1. The number of thiazole rings is 1. The molecule has 0 saturated carbocycles. The number of hydrogen-bond acceptors (Lipinski definition) is 8. The Kier molecular flexibility index (Phi) is 4.27. The fourth-order valence-electron chi connectivity index (χ4n) is 1.55. The molecule has 1 aromatic carbocycles. The first-order valence-electron chi connectivity index (χ1n) is 5.66. The van der Waals surface area contributed by atoms with Crippen molar-refractivity contribution in [3.63, 3.8) is 0 Å². The van der Waals surface area contributed by atoms with Gasteiger partial charge in [0.2, 0.25) is 0 Å². The molecule has 2 rings (SSSR count). The molecule has 0 aliphatic rings. The highest BCUT2D eigenvalue weighted by Crippen LogP contribution is 2.29. The number of amides is 1. The van der Waals surface area contributed by atoms with Gasteiger partial charge < -0.3 is 4.74 Å². The van der Waals surface area contributed by atoms with Crippen LogP contribution in [0.5, 0.6) is 5.75 Å². The number of methoxy groups -OCH3 is 1. The van der Waals surface area contributed by atoms with E-state index >= 15 is 0 Å². The number of nitro groups is 2. The van der Waals surface area contributed by atoms with E-state index < -0.39 is 15.8 Å². The average molecular weight is 324 g/mol. The highest BCUT2D eigenvalue weighted by Gasteiger charge is 2.19. The minimum absolute atomic E-state index is 0.00496. The SMILES string of the molecule is COc1ccc(C(=O)Nc2ncc([N+](=O)[O-])s2)cc1[N+](=O)[O-]. The maximum absolute atomic E-state index is 12.0. The molecule has 0 saturated heterocycles. The summed E-state index contributed by atoms with van der Waals surface area (Å²) < 4.78 is 4.83. The third kappa shape index (κ3) is 3.15. The van der Waals surface area contributed by atoms with Gasteiger partial charge in [0.15, 0.2) is 10.9 Å². The van der Waals surface area contributed by atoms with Crippen molar-refractivity contribution >= 4 is 33.1 Å². The van der Waals surface area contributed by atoms with Crippen LogP contribution < -0.4 is 10.1 Å². The molecule has 0 spiro atoms. The highest BCUT2D eigenvalue weighted by atomic mass is 32.1. The number of anilines is 1. The van der Waals surface area contributed by atoms with E-state index in [2.05, 4.69) is 10.3 Å². The topological polar surface area (TPSA) is 138 Å². The summed E-state index contributed by atoms with van der Waals surface area (Å²) in [6, 6.07) is 3.68. The van der Waals surface area contributed by atoms with E-state index in [0.717, 1.165) is 12.3 Å². The van der Waals surface area contributed by atoms with Crippen molar-refractivity contribution < 1.29 is 19.4 Å². The van der Waals surface area contributed by atoms with Gasteiger partial charge in [-0.25, -0.2) is 4.98 Å². The van der Waals surface area contributed by atoms with Crippen molar-refractivity contribution in [2.45, 2.75) is 0 Å². The zero-order valence-electron chi connectivity index (χ0n) is 11.0. The van der Waals surface area contributed by atoms with Gasteiger partial charge in [-0.15, -0.1) is 0 Å². The van der Waals surface area contributed by atoms with Crippen LogP contribution in [0.25, 0.3) is 0 Å². The highest BCUT2D eigenvalue weighted by molar-refractivity contribution is 7.18. The van der Waals surface area contributed by atoms with Crippen molar-refractivity contribution in [1.82, 2.24) is 4.98 Å². The lowest BCUT2D eigenvalue weighted by Crippen LogP contribution is -2.12. The molecule has 1 aromatic heterocycles. The minimum Gasteiger partial charge on any atom is -0.490 e. The zero-order valence-corrected chi connectivity index (χ0v) is 11.8. The standard InChI is InChI=1S/C11H8N4O6S/c1-21-8-3-2-6(4-7(8)14(17)18)10(16)13-11-12-5-9(22-11)15(19)20/h2-5H,1H3,(H,12,13,16). The predicted molar refractivity (Wildman–Crippen MR) is 76.4 cm³/mol. The maximum atomic E-state index is 12.0. The largest absolute Gasteiger partial charge is 0.490 e. The summed E-state index contributed by atoms with van der Waals surface area (Å²) in [7, 11) is 1.27. The molecule has 0 radical (unpaired) electrons. The molecule has 1 heterocycles. The van der Waals surface area contributed by atoms with Gasteiger partial charge in [0.1, 0.15) is 6.20 Å². The number of nitro benzene ring substituents is 1. The van der Waals surface area contributed by atoms with Crippen molar-refractivity contribution in [2.24, 2.45) is 0 Å². The van der Waals surface area contributed by atoms with Crippen LogP contribution in [0.15, 0.2) is 24.4 Å². The van der Waals surface area contributed by atoms with Crippen LogP contribution in [-0.4, -0.2) is 27.8 Å². The molecule has 0 aliphatic carbocycles. The minimum atomic E-state index is -0.677. The van der Waals surface area contributed by atoms with Gasteiger partial charge >= 0.3 is 10.7 Å². The van der Waals surface area contributed by atoms with Crippen LogP contribution in [0.3, 0.4) is 0 Å². The number of ether oxygens (including phenoxy) is 1. The number of hydrogen-bond donors (Lipinski definition) is 1. The van der Waals surface area contributed by atoms with E-state index in [9.17, 15) is 25.0 Å². The van der Waals surface area contributed by atoms with Gasteiger partial charge in [0.05, 0.1) is 17.0 Å². The molecule has 22 heavy (non-hydrogen) atoms. The molecule has 114 valence electrons. The van der Waals surface area contributed by atoms with Gasteiger partial charge in [-0.3, -0.25) is 30.3 Å². The summed E-state index contributed by atoms with van der Waals surface area (Å²) in [4.78, 5) is 35.8. The summed E-state index contributed by atoms with van der Waals surface area (Å²) in [5.74, 6) is -0.651. The van der Waals surface area contributed by atoms with Crippen molar-refractivity contribution in [3.05, 3.63) is 50.2 Å². The van der Waals surface area contributed by atoms with Crippen molar-refractivity contribution in [2.75, 3.05) is 12.4 Å². The van der Waals surface area contributed by atoms with Crippen molar-refractivity contribution in [1.29, 1.82) is 0 Å². The first-order chi connectivity index (χ1) is 10.4. The Labute approximate surface area is 126 Å². The Hall–Kier alpha value is -3.08. The summed E-state index contributed by atoms with van der Waals surface area (Å²) >= 11 is 0.681. The van der Waals surface area contributed by atoms with E-state index in [4.69, 9.17) is 4.74 Å². The fraction of sp³-hybridized carbons (Fsp3) is 0.0909. The van der Waals surface area contributed by atoms with Crippen LogP contribution >= 0.6 is 11.3 Å². The maximum Gasteiger partial charge on any atom is 0.345 e. The molecule has 2 aromatic rings. The zero-order chi connectivity index (χ0) is 16.3. The number of benzene rings is 1. The number of carbonyl (C=O) groups excluding carboxylic acids is 1. The molecule has 11 heteroatoms. The molecule has 10 nitrogen and oxygen atoms in total. The van der Waals surface area contributed by atoms with E-state index in [1.165, 1.54) is 19.2 Å². The Bertz CT molecular complexity index is 759. The lowest BCUT2D eigenvalue weighted by molar-refractivity contribution is -0.385. The lowest BCUT2D eigenvalue weighted by Gasteiger charge is -2.04. The van der Waals surface area contributed by atoms with Crippen LogP contribution in [0, 0.1) is 20.2 Å². The lowest BCUT2D eigenvalue weighted by atomic mass is 10.2. The molecule has 0 bridgehead atoms. The molecule has 0 aliphatic heterocycles. The van der Waals surface area contributed by atoms with Gasteiger partial charge in [0.25, 0.3) is 5.91 Å². The van der Waals surface area contributed by atoms with E-state index in [1.54, 1.807) is 0 Å². The first-order valence-corrected chi connectivity index (χ1v) is 6.48. The molecule has 0 unspecified atom stereocenters. The first kappa shape index (κ1) is 15.3. The Morgan fingerprint density at radius 1 is 1.32 bits per heavy atom. The van der Waals surface area contributed by atoms with E-state index in [1.807, 2.05) is 0 Å². The Morgan fingerprint density at radius 2 is 2.05 bits per heavy atom. The molecular formula is C11H8N4O6S. The number of aromatic nitrogens is 1. The Balaban J connectivity index is 2.23. The smallest absolute Gasteiger partial charge is 0.345 e. The second-order valence-corrected chi connectivity index (χ2v) is 4.87. The number of rotatable bonds is 5. The van der Waals surface area contributed by atoms with Crippen LogP contribution in [0.1, 0.15) is 10.4 Å². The number of nitrogens with zero attached hydrogens (tertiary/aromatic N) is 3. The van der Waals surface area contributed by atoms with Crippen LogP contribution in [-0.2, 0) is 0 Å². The predicted octanol–water partition coefficient (Wildman–Crippen LogP) is 2.22. The van der Waals surface area contributed by atoms with Gasteiger partial charge in [-0.05, 0) is 23.5 Å². The van der Waals surface area contributed by atoms with Gasteiger partial charge in [0, 0.05) is 11.6 Å². The number of nitrogens with one attached hydrogen (secondary N) is 1. The quantitative estimate of drug-likeness (QED) is 0.657. The second kappa shape index (κ2) is 6.13. The summed E-state index contributed by atoms with van der Waals surface area (Å²) in [5, 5.41) is 23.6. The van der Waals surface area contributed by atoms with Gasteiger partial charge in [-0.1, -0.05) is 0 Å². The molecule has 1 N–H and O–H groups in total. The average Bonchev–Trinajstić information content (AvgIpc) is 2.95. The summed E-state index contributed by atoms with van der Waals surface area (Å²) in [6.45, 7) is 0. The third-order valence-corrected chi connectivity index (χ3v) is 3.40. The second-order valence-electron chi connectivity index (χ2n) is 3.86. The van der Waals surface area contributed by atoms with Gasteiger partial charge in [-0.2, -0.15) is 0 Å². The molecule has 0 atom stereocenters. The normalized spacial score (nSPS) is 10.0. The van der Waals surface area contributed by atoms with Crippen LogP contribution in [0.2, 0.25) is 0 Å². The van der Waals surface area contributed by atoms with Crippen LogP contribution in [0.4, 0.5) is 15.8 Å². The Morgan fingerprint density at radius 3 is 2.59 bits per heavy atom.